The Morgan fingerprint density at radius 2 is 1.70 bits per heavy atom. The normalized spacial score (nSPS) is 11.3. The summed E-state index contributed by atoms with van der Waals surface area (Å²) in [6.07, 6.45) is 0. The zero-order valence-corrected chi connectivity index (χ0v) is 16.9. The number of anilines is 1. The second kappa shape index (κ2) is 9.46. The van der Waals surface area contributed by atoms with Crippen LogP contribution < -0.4 is 15.2 Å². The summed E-state index contributed by atoms with van der Waals surface area (Å²) in [6, 6.07) is 12.0. The number of nitriles is 1. The van der Waals surface area contributed by atoms with Crippen LogP contribution in [-0.4, -0.2) is 41.9 Å². The Balaban J connectivity index is 1.84. The Morgan fingerprint density at radius 3 is 2.30 bits per heavy atom. The highest BCUT2D eigenvalue weighted by Gasteiger charge is 2.17. The third-order valence-corrected chi connectivity index (χ3v) is 5.84. The van der Waals surface area contributed by atoms with E-state index in [9.17, 15) is 26.4 Å². The van der Waals surface area contributed by atoms with E-state index in [0.29, 0.717) is 0 Å². The lowest BCUT2D eigenvalue weighted by Gasteiger charge is -2.09. The minimum absolute atomic E-state index is 0.134. The van der Waals surface area contributed by atoms with Crippen LogP contribution in [-0.2, 0) is 34.4 Å². The maximum Gasteiger partial charge on any atom is 0.321 e. The number of carbonyl (C=O) groups is 2. The number of sulfonamides is 2. The highest BCUT2D eigenvalue weighted by atomic mass is 32.2. The van der Waals surface area contributed by atoms with Crippen LogP contribution in [0.3, 0.4) is 0 Å². The van der Waals surface area contributed by atoms with Gasteiger partial charge in [0.2, 0.25) is 20.0 Å². The molecular weight excluding hydrogens is 436 g/mol. The molecule has 0 radical (unpaired) electrons. The van der Waals surface area contributed by atoms with Crippen molar-refractivity contribution in [2.45, 2.75) is 9.79 Å². The number of hydrogen-bond donors (Lipinski definition) is 3. The van der Waals surface area contributed by atoms with E-state index >= 15 is 0 Å². The summed E-state index contributed by atoms with van der Waals surface area (Å²) in [6.45, 7) is -1.42. The number of amides is 1. The molecule has 0 saturated heterocycles. The highest BCUT2D eigenvalue weighted by molar-refractivity contribution is 7.89. The number of benzene rings is 2. The van der Waals surface area contributed by atoms with E-state index < -0.39 is 45.1 Å². The average molecular weight is 452 g/mol. The lowest BCUT2D eigenvalue weighted by Crippen LogP contribution is -2.32. The first-order valence-electron chi connectivity index (χ1n) is 8.09. The van der Waals surface area contributed by atoms with Crippen molar-refractivity contribution in [3.05, 3.63) is 54.1 Å². The lowest BCUT2D eigenvalue weighted by molar-refractivity contribution is -0.146. The molecule has 0 fully saturated rings. The molecule has 11 nitrogen and oxygen atoms in total. The Kier molecular flexibility index (Phi) is 7.24. The molecule has 30 heavy (non-hydrogen) atoms. The van der Waals surface area contributed by atoms with Gasteiger partial charge < -0.3 is 10.1 Å². The van der Waals surface area contributed by atoms with Gasteiger partial charge in [0.15, 0.2) is 6.61 Å². The summed E-state index contributed by atoms with van der Waals surface area (Å²) in [7, 11) is -7.92. The van der Waals surface area contributed by atoms with Crippen LogP contribution in [0.2, 0.25) is 0 Å². The molecule has 0 aromatic heterocycles. The number of primary sulfonamides is 1. The first-order chi connectivity index (χ1) is 14.0. The van der Waals surface area contributed by atoms with Crippen molar-refractivity contribution in [3.63, 3.8) is 0 Å². The van der Waals surface area contributed by atoms with E-state index in [1.54, 1.807) is 6.07 Å². The van der Waals surface area contributed by atoms with Crippen molar-refractivity contribution in [1.29, 1.82) is 5.26 Å². The molecule has 4 N–H and O–H groups in total. The van der Waals surface area contributed by atoms with Gasteiger partial charge in [-0.15, -0.1) is 0 Å². The van der Waals surface area contributed by atoms with E-state index in [1.807, 2.05) is 4.72 Å². The van der Waals surface area contributed by atoms with Gasteiger partial charge in [-0.2, -0.15) is 9.98 Å². The van der Waals surface area contributed by atoms with E-state index in [4.69, 9.17) is 10.4 Å². The molecule has 0 aliphatic heterocycles. The van der Waals surface area contributed by atoms with Crippen LogP contribution in [0.5, 0.6) is 0 Å². The summed E-state index contributed by atoms with van der Waals surface area (Å²) in [5, 5.41) is 16.1. The fourth-order valence-corrected chi connectivity index (χ4v) is 3.62. The van der Waals surface area contributed by atoms with Gasteiger partial charge in [-0.05, 0) is 42.5 Å². The van der Waals surface area contributed by atoms with Gasteiger partial charge in [-0.25, -0.2) is 22.0 Å². The molecule has 0 saturated carbocycles. The topological polar surface area (TPSA) is 186 Å². The zero-order chi connectivity index (χ0) is 22.4. The van der Waals surface area contributed by atoms with Crippen LogP contribution in [0, 0.1) is 11.3 Å². The van der Waals surface area contributed by atoms with Crippen molar-refractivity contribution in [2.75, 3.05) is 18.5 Å². The van der Waals surface area contributed by atoms with Gasteiger partial charge in [0.1, 0.15) is 6.54 Å². The summed E-state index contributed by atoms with van der Waals surface area (Å²) in [4.78, 5) is 23.1. The quantitative estimate of drug-likeness (QED) is 0.454. The number of nitrogens with one attached hydrogen (secondary N) is 2. The molecular formula is C17H16N4O7S2. The molecule has 2 aromatic carbocycles. The van der Waals surface area contributed by atoms with E-state index in [2.05, 4.69) is 10.1 Å². The van der Waals surface area contributed by atoms with E-state index in [1.165, 1.54) is 42.5 Å². The molecule has 1 amide bonds. The van der Waals surface area contributed by atoms with Gasteiger partial charge in [0, 0.05) is 5.69 Å². The number of esters is 1. The molecule has 0 unspecified atom stereocenters. The molecule has 158 valence electrons. The first-order valence-corrected chi connectivity index (χ1v) is 11.1. The smallest absolute Gasteiger partial charge is 0.321 e. The number of carbonyl (C=O) groups excluding carboxylic acids is 2. The van der Waals surface area contributed by atoms with Gasteiger partial charge in [-0.1, -0.05) is 6.07 Å². The van der Waals surface area contributed by atoms with Crippen molar-refractivity contribution in [2.24, 2.45) is 5.14 Å². The molecule has 0 aliphatic carbocycles. The van der Waals surface area contributed by atoms with Crippen molar-refractivity contribution >= 4 is 37.6 Å². The maximum absolute atomic E-state index is 12.1. The minimum Gasteiger partial charge on any atom is -0.455 e. The molecule has 0 atom stereocenters. The largest absolute Gasteiger partial charge is 0.455 e. The predicted molar refractivity (Wildman–Crippen MR) is 104 cm³/mol. The van der Waals surface area contributed by atoms with Crippen LogP contribution in [0.4, 0.5) is 5.69 Å². The number of hydrogen-bond acceptors (Lipinski definition) is 8. The summed E-state index contributed by atoms with van der Waals surface area (Å²) in [5.41, 5.74) is 0.371. The van der Waals surface area contributed by atoms with Gasteiger partial charge in [0.25, 0.3) is 5.91 Å². The minimum atomic E-state index is -4.05. The Hall–Kier alpha value is -3.31. The number of rotatable bonds is 8. The fraction of sp³-hybridized carbons (Fsp3) is 0.118. The summed E-state index contributed by atoms with van der Waals surface area (Å²) in [5.74, 6) is -1.73. The number of nitrogens with zero attached hydrogens (tertiary/aromatic N) is 1. The standard InChI is InChI=1S/C17H16N4O7S2/c18-9-12-2-1-3-15(8-12)30(26,27)20-10-17(23)28-11-16(22)21-13-4-6-14(7-5-13)29(19,24)25/h1-8,20H,10-11H2,(H,21,22)(H2,19,24,25). The third-order valence-electron chi connectivity index (χ3n) is 3.51. The monoisotopic (exact) mass is 452 g/mol. The van der Waals surface area contributed by atoms with Crippen molar-refractivity contribution in [3.8, 4) is 6.07 Å². The first kappa shape index (κ1) is 23.0. The molecule has 0 heterocycles. The predicted octanol–water partition coefficient (Wildman–Crippen LogP) is -0.334. The lowest BCUT2D eigenvalue weighted by atomic mass is 10.2. The second-order valence-electron chi connectivity index (χ2n) is 5.74. The summed E-state index contributed by atoms with van der Waals surface area (Å²) >= 11 is 0. The van der Waals surface area contributed by atoms with Crippen molar-refractivity contribution in [1.82, 2.24) is 4.72 Å². The SMILES string of the molecule is N#Cc1cccc(S(=O)(=O)NCC(=O)OCC(=O)Nc2ccc(S(N)(=O)=O)cc2)c1. The van der Waals surface area contributed by atoms with Crippen LogP contribution in [0.1, 0.15) is 5.56 Å². The molecule has 0 bridgehead atoms. The summed E-state index contributed by atoms with van der Waals surface area (Å²) < 4.78 is 53.3. The average Bonchev–Trinajstić information content (AvgIpc) is 2.70. The molecule has 2 aromatic rings. The van der Waals surface area contributed by atoms with Crippen molar-refractivity contribution < 1.29 is 31.2 Å². The molecule has 13 heteroatoms. The van der Waals surface area contributed by atoms with Crippen LogP contribution in [0.25, 0.3) is 0 Å². The van der Waals surface area contributed by atoms with Gasteiger partial charge in [0.05, 0.1) is 21.4 Å². The zero-order valence-electron chi connectivity index (χ0n) is 15.2. The Morgan fingerprint density at radius 1 is 1.03 bits per heavy atom. The number of nitrogens with two attached hydrogens (primary N) is 1. The van der Waals surface area contributed by atoms with E-state index in [0.717, 1.165) is 6.07 Å². The highest BCUT2D eigenvalue weighted by Crippen LogP contribution is 2.13. The molecule has 2 rings (SSSR count). The third kappa shape index (κ3) is 6.64. The second-order valence-corrected chi connectivity index (χ2v) is 9.07. The fourth-order valence-electron chi connectivity index (χ4n) is 2.09. The van der Waals surface area contributed by atoms with Crippen LogP contribution >= 0.6 is 0 Å². The van der Waals surface area contributed by atoms with Gasteiger partial charge >= 0.3 is 5.97 Å². The van der Waals surface area contributed by atoms with E-state index in [-0.39, 0.29) is 21.0 Å². The Labute approximate surface area is 172 Å². The number of ether oxygens (including phenoxy) is 1. The van der Waals surface area contributed by atoms with Gasteiger partial charge in [-0.3, -0.25) is 9.59 Å². The van der Waals surface area contributed by atoms with Crippen LogP contribution in [0.15, 0.2) is 58.3 Å². The maximum atomic E-state index is 12.1. The molecule has 0 spiro atoms. The molecule has 0 aliphatic rings. The Bertz CT molecular complexity index is 1200.